The van der Waals surface area contributed by atoms with Gasteiger partial charge in [0.05, 0.1) is 18.1 Å². The highest BCUT2D eigenvalue weighted by atomic mass is 16.5. The molecule has 1 aliphatic heterocycles. The molecule has 1 heterocycles. The summed E-state index contributed by atoms with van der Waals surface area (Å²) in [7, 11) is 0. The van der Waals surface area contributed by atoms with Crippen LogP contribution in [0.25, 0.3) is 0 Å². The zero-order chi connectivity index (χ0) is 19.3. The van der Waals surface area contributed by atoms with Gasteiger partial charge in [0, 0.05) is 6.42 Å². The van der Waals surface area contributed by atoms with Crippen molar-refractivity contribution in [2.45, 2.75) is 32.6 Å². The number of nitrogens with two attached hydrogens (primary N) is 1. The molecule has 0 amide bonds. The molecule has 0 aromatic heterocycles. The van der Waals surface area contributed by atoms with E-state index in [1.54, 1.807) is 38.1 Å². The van der Waals surface area contributed by atoms with E-state index in [0.717, 1.165) is 5.56 Å². The summed E-state index contributed by atoms with van der Waals surface area (Å²) in [5.74, 6) is -1.88. The summed E-state index contributed by atoms with van der Waals surface area (Å²) in [4.78, 5) is 23.1. The molecule has 1 unspecified atom stereocenters. The van der Waals surface area contributed by atoms with Gasteiger partial charge >= 0.3 is 11.9 Å². The number of nitriles is 1. The predicted molar refractivity (Wildman–Crippen MR) is 92.4 cm³/mol. The highest BCUT2D eigenvalue weighted by Crippen LogP contribution is 2.39. The van der Waals surface area contributed by atoms with E-state index < -0.39 is 17.9 Å². The minimum atomic E-state index is -0.871. The molecule has 1 atom stereocenters. The third kappa shape index (κ3) is 4.03. The molecule has 0 radical (unpaired) electrons. The topological polar surface area (TPSA) is 123 Å². The lowest BCUT2D eigenvalue weighted by Crippen LogP contribution is -2.25. The average Bonchev–Trinajstić information content (AvgIpc) is 2.60. The molecule has 1 aromatic carbocycles. The summed E-state index contributed by atoms with van der Waals surface area (Å²) in [6.07, 6.45) is 0.423. The summed E-state index contributed by atoms with van der Waals surface area (Å²) in [5, 5.41) is 18.3. The second kappa shape index (κ2) is 8.21. The number of hydrogen-bond donors (Lipinski definition) is 2. The normalized spacial score (nSPS) is 16.7. The van der Waals surface area contributed by atoms with Gasteiger partial charge in [-0.2, -0.15) is 5.26 Å². The van der Waals surface area contributed by atoms with E-state index >= 15 is 0 Å². The maximum absolute atomic E-state index is 12.4. The number of ether oxygens (including phenoxy) is 2. The maximum Gasteiger partial charge on any atom is 0.338 e. The molecule has 0 saturated heterocycles. The van der Waals surface area contributed by atoms with Crippen molar-refractivity contribution in [3.63, 3.8) is 0 Å². The van der Waals surface area contributed by atoms with Crippen molar-refractivity contribution in [1.29, 1.82) is 5.26 Å². The Bertz CT molecular complexity index is 815. The molecular formula is C19H20N2O5. The smallest absolute Gasteiger partial charge is 0.338 e. The summed E-state index contributed by atoms with van der Waals surface area (Å²) >= 11 is 0. The van der Waals surface area contributed by atoms with Crippen LogP contribution in [0.5, 0.6) is 0 Å². The van der Waals surface area contributed by atoms with Crippen LogP contribution in [0.2, 0.25) is 0 Å². The SMILES string of the molecule is CCOC(=O)C1=C(C)OC(N)=C(C#N)C1c1ccc(CCC(=O)O)cc1. The van der Waals surface area contributed by atoms with Gasteiger partial charge in [-0.3, -0.25) is 4.79 Å². The number of hydrogen-bond acceptors (Lipinski definition) is 6. The van der Waals surface area contributed by atoms with Gasteiger partial charge in [0.2, 0.25) is 5.88 Å². The largest absolute Gasteiger partial charge is 0.481 e. The fourth-order valence-electron chi connectivity index (χ4n) is 2.82. The number of benzene rings is 1. The van der Waals surface area contributed by atoms with Gasteiger partial charge in [-0.25, -0.2) is 4.79 Å². The van der Waals surface area contributed by atoms with E-state index in [-0.39, 0.29) is 30.1 Å². The van der Waals surface area contributed by atoms with E-state index in [0.29, 0.717) is 17.7 Å². The van der Waals surface area contributed by atoms with Gasteiger partial charge in [0.15, 0.2) is 0 Å². The molecular weight excluding hydrogens is 336 g/mol. The molecule has 7 heteroatoms. The van der Waals surface area contributed by atoms with Crippen molar-refractivity contribution in [1.82, 2.24) is 0 Å². The second-order valence-electron chi connectivity index (χ2n) is 5.75. The van der Waals surface area contributed by atoms with Gasteiger partial charge < -0.3 is 20.3 Å². The number of carboxylic acid groups (broad SMARTS) is 1. The Kier molecular flexibility index (Phi) is 6.02. The molecule has 26 heavy (non-hydrogen) atoms. The third-order valence-corrected chi connectivity index (χ3v) is 4.04. The molecule has 1 aromatic rings. The Balaban J connectivity index is 2.43. The fourth-order valence-corrected chi connectivity index (χ4v) is 2.82. The molecule has 0 fully saturated rings. The first-order chi connectivity index (χ1) is 12.4. The van der Waals surface area contributed by atoms with Crippen LogP contribution in [0, 0.1) is 11.3 Å². The first kappa shape index (κ1) is 19.1. The molecule has 0 spiro atoms. The monoisotopic (exact) mass is 356 g/mol. The van der Waals surface area contributed by atoms with Crippen molar-refractivity contribution >= 4 is 11.9 Å². The number of allylic oxidation sites excluding steroid dienone is 2. The zero-order valence-electron chi connectivity index (χ0n) is 14.6. The van der Waals surface area contributed by atoms with Crippen LogP contribution in [0.1, 0.15) is 37.3 Å². The number of carbonyl (C=O) groups excluding carboxylic acids is 1. The van der Waals surface area contributed by atoms with Crippen molar-refractivity contribution in [2.75, 3.05) is 6.61 Å². The zero-order valence-corrected chi connectivity index (χ0v) is 14.6. The van der Waals surface area contributed by atoms with Crippen LogP contribution in [-0.2, 0) is 25.5 Å². The summed E-state index contributed by atoms with van der Waals surface area (Å²) in [6, 6.07) is 9.07. The molecule has 136 valence electrons. The highest BCUT2D eigenvalue weighted by molar-refractivity contribution is 5.92. The van der Waals surface area contributed by atoms with Crippen molar-refractivity contribution in [3.8, 4) is 6.07 Å². The van der Waals surface area contributed by atoms with Gasteiger partial charge in [-0.15, -0.1) is 0 Å². The van der Waals surface area contributed by atoms with E-state index in [9.17, 15) is 14.9 Å². The molecule has 2 rings (SSSR count). The molecule has 1 aliphatic rings. The lowest BCUT2D eigenvalue weighted by atomic mass is 9.82. The Hall–Kier alpha value is -3.27. The molecule has 3 N–H and O–H groups in total. The Morgan fingerprint density at radius 3 is 2.54 bits per heavy atom. The Morgan fingerprint density at radius 1 is 1.35 bits per heavy atom. The third-order valence-electron chi connectivity index (χ3n) is 4.04. The highest BCUT2D eigenvalue weighted by Gasteiger charge is 2.36. The minimum Gasteiger partial charge on any atom is -0.481 e. The lowest BCUT2D eigenvalue weighted by molar-refractivity contribution is -0.139. The minimum absolute atomic E-state index is 0.0278. The standard InChI is InChI=1S/C19H20N2O5/c1-3-25-19(24)16-11(2)26-18(21)14(10-20)17(16)13-7-4-12(5-8-13)6-9-15(22)23/h4-5,7-8,17H,3,6,9,21H2,1-2H3,(H,22,23). The van der Waals surface area contributed by atoms with Crippen LogP contribution >= 0.6 is 0 Å². The number of aliphatic carboxylic acids is 1. The Labute approximate surface area is 151 Å². The van der Waals surface area contributed by atoms with Crippen LogP contribution in [0.15, 0.2) is 47.1 Å². The van der Waals surface area contributed by atoms with E-state index in [1.165, 1.54) is 0 Å². The van der Waals surface area contributed by atoms with Gasteiger partial charge in [0.1, 0.15) is 17.4 Å². The number of aryl methyl sites for hydroxylation is 1. The van der Waals surface area contributed by atoms with Crippen LogP contribution in [-0.4, -0.2) is 23.7 Å². The summed E-state index contributed by atoms with van der Waals surface area (Å²) in [5.41, 5.74) is 7.73. The second-order valence-corrected chi connectivity index (χ2v) is 5.75. The van der Waals surface area contributed by atoms with Gasteiger partial charge in [-0.1, -0.05) is 24.3 Å². The van der Waals surface area contributed by atoms with Gasteiger partial charge in [0.25, 0.3) is 0 Å². The predicted octanol–water partition coefficient (Wildman–Crippen LogP) is 2.35. The van der Waals surface area contributed by atoms with Crippen LogP contribution < -0.4 is 5.73 Å². The fraction of sp³-hybridized carbons (Fsp3) is 0.316. The van der Waals surface area contributed by atoms with Crippen molar-refractivity contribution in [2.24, 2.45) is 5.73 Å². The van der Waals surface area contributed by atoms with Gasteiger partial charge in [-0.05, 0) is 31.4 Å². The van der Waals surface area contributed by atoms with E-state index in [4.69, 9.17) is 20.3 Å². The first-order valence-corrected chi connectivity index (χ1v) is 8.15. The molecule has 0 saturated carbocycles. The number of nitrogens with zero attached hydrogens (tertiary/aromatic N) is 1. The number of esters is 1. The number of carboxylic acids is 1. The average molecular weight is 356 g/mol. The Morgan fingerprint density at radius 2 is 2.00 bits per heavy atom. The summed E-state index contributed by atoms with van der Waals surface area (Å²) in [6.45, 7) is 3.48. The van der Waals surface area contributed by atoms with E-state index in [1.807, 2.05) is 6.07 Å². The molecule has 0 aliphatic carbocycles. The summed E-state index contributed by atoms with van der Waals surface area (Å²) < 4.78 is 10.5. The van der Waals surface area contributed by atoms with Crippen molar-refractivity contribution < 1.29 is 24.2 Å². The molecule has 0 bridgehead atoms. The van der Waals surface area contributed by atoms with Crippen molar-refractivity contribution in [3.05, 3.63) is 58.2 Å². The lowest BCUT2D eigenvalue weighted by Gasteiger charge is -2.26. The van der Waals surface area contributed by atoms with Crippen LogP contribution in [0.3, 0.4) is 0 Å². The molecule has 7 nitrogen and oxygen atoms in total. The van der Waals surface area contributed by atoms with Crippen LogP contribution in [0.4, 0.5) is 0 Å². The quantitative estimate of drug-likeness (QED) is 0.750. The number of carbonyl (C=O) groups is 2. The maximum atomic E-state index is 12.4. The van der Waals surface area contributed by atoms with E-state index in [2.05, 4.69) is 0 Å². The number of rotatable bonds is 6. The first-order valence-electron chi connectivity index (χ1n) is 8.15.